The van der Waals surface area contributed by atoms with Crippen LogP contribution in [-0.2, 0) is 6.42 Å². The predicted octanol–water partition coefficient (Wildman–Crippen LogP) is 5.21. The van der Waals surface area contributed by atoms with Crippen molar-refractivity contribution in [3.8, 4) is 22.6 Å². The first-order chi connectivity index (χ1) is 11.8. The molecule has 0 unspecified atom stereocenters. The molecule has 0 fully saturated rings. The molecule has 24 heavy (non-hydrogen) atoms. The maximum Gasteiger partial charge on any atom is 0.233 e. The topological polar surface area (TPSA) is 51.8 Å². The molecule has 0 bridgehead atoms. The van der Waals surface area contributed by atoms with Crippen molar-refractivity contribution in [2.75, 3.05) is 0 Å². The Hall–Kier alpha value is -2.31. The van der Waals surface area contributed by atoms with Gasteiger partial charge in [0.2, 0.25) is 11.7 Å². The van der Waals surface area contributed by atoms with Crippen LogP contribution < -0.4 is 0 Å². The predicted molar refractivity (Wildman–Crippen MR) is 97.8 cm³/mol. The van der Waals surface area contributed by atoms with Crippen molar-refractivity contribution in [2.24, 2.45) is 0 Å². The lowest BCUT2D eigenvalue weighted by Crippen LogP contribution is -1.88. The maximum atomic E-state index is 5.35. The zero-order valence-electron chi connectivity index (χ0n) is 12.5. The van der Waals surface area contributed by atoms with Gasteiger partial charge in [-0.1, -0.05) is 63.6 Å². The van der Waals surface area contributed by atoms with E-state index in [9.17, 15) is 0 Å². The van der Waals surface area contributed by atoms with E-state index in [1.165, 1.54) is 0 Å². The molecule has 0 amide bonds. The minimum Gasteiger partial charge on any atom is -0.339 e. The van der Waals surface area contributed by atoms with Crippen LogP contribution in [0, 0.1) is 0 Å². The summed E-state index contributed by atoms with van der Waals surface area (Å²) in [5.74, 6) is 1.18. The molecule has 0 atom stereocenters. The van der Waals surface area contributed by atoms with Gasteiger partial charge in [0, 0.05) is 21.0 Å². The smallest absolute Gasteiger partial charge is 0.233 e. The van der Waals surface area contributed by atoms with Crippen molar-refractivity contribution in [3.05, 3.63) is 75.3 Å². The highest BCUT2D eigenvalue weighted by Gasteiger charge is 2.12. The van der Waals surface area contributed by atoms with E-state index in [0.717, 1.165) is 26.3 Å². The van der Waals surface area contributed by atoms with Crippen molar-refractivity contribution >= 4 is 27.3 Å². The van der Waals surface area contributed by atoms with Gasteiger partial charge in [-0.05, 0) is 12.1 Å². The molecule has 2 aromatic heterocycles. The Labute approximate surface area is 151 Å². The first-order valence-corrected chi connectivity index (χ1v) is 9.03. The lowest BCUT2D eigenvalue weighted by atomic mass is 10.2. The number of hydrogen-bond acceptors (Lipinski definition) is 5. The number of benzene rings is 2. The van der Waals surface area contributed by atoms with Gasteiger partial charge < -0.3 is 4.52 Å². The second-order valence-corrected chi connectivity index (χ2v) is 7.05. The Morgan fingerprint density at radius 2 is 1.71 bits per heavy atom. The summed E-state index contributed by atoms with van der Waals surface area (Å²) < 4.78 is 6.41. The molecule has 2 aromatic carbocycles. The monoisotopic (exact) mass is 397 g/mol. The van der Waals surface area contributed by atoms with Gasteiger partial charge in [0.25, 0.3) is 0 Å². The Morgan fingerprint density at radius 1 is 0.917 bits per heavy atom. The quantitative estimate of drug-likeness (QED) is 0.473. The highest BCUT2D eigenvalue weighted by atomic mass is 79.9. The summed E-state index contributed by atoms with van der Waals surface area (Å²) >= 11 is 5.04. The fraction of sp³-hybridized carbons (Fsp3) is 0.0556. The molecule has 0 aliphatic heterocycles. The number of nitrogens with zero attached hydrogens (tertiary/aromatic N) is 3. The first kappa shape index (κ1) is 15.2. The summed E-state index contributed by atoms with van der Waals surface area (Å²) in [6.07, 6.45) is 0.543. The standard InChI is InChI=1S/C18H12BrN3OS/c19-14-8-6-12(7-9-14)15-11-24-17(20-15)10-16-21-18(22-23-16)13-4-2-1-3-5-13/h1-9,11H,10H2. The fourth-order valence-corrected chi connectivity index (χ4v) is 3.36. The minimum absolute atomic E-state index is 0.543. The maximum absolute atomic E-state index is 5.35. The third-order valence-corrected chi connectivity index (χ3v) is 4.87. The summed E-state index contributed by atoms with van der Waals surface area (Å²) in [5.41, 5.74) is 3.00. The van der Waals surface area contributed by atoms with Crippen molar-refractivity contribution in [1.82, 2.24) is 15.1 Å². The van der Waals surface area contributed by atoms with Gasteiger partial charge in [0.15, 0.2) is 0 Å². The van der Waals surface area contributed by atoms with E-state index in [-0.39, 0.29) is 0 Å². The molecule has 6 heteroatoms. The second-order valence-electron chi connectivity index (χ2n) is 5.19. The Morgan fingerprint density at radius 3 is 2.50 bits per heavy atom. The van der Waals surface area contributed by atoms with Crippen molar-refractivity contribution in [2.45, 2.75) is 6.42 Å². The zero-order chi connectivity index (χ0) is 16.4. The summed E-state index contributed by atoms with van der Waals surface area (Å²) in [7, 11) is 0. The van der Waals surface area contributed by atoms with E-state index in [0.29, 0.717) is 18.1 Å². The number of hydrogen-bond donors (Lipinski definition) is 0. The van der Waals surface area contributed by atoms with Gasteiger partial charge in [-0.2, -0.15) is 4.98 Å². The molecule has 4 nitrogen and oxygen atoms in total. The fourth-order valence-electron chi connectivity index (χ4n) is 2.31. The van der Waals surface area contributed by atoms with Gasteiger partial charge in [-0.25, -0.2) is 4.98 Å². The third kappa shape index (κ3) is 3.29. The lowest BCUT2D eigenvalue weighted by Gasteiger charge is -1.96. The summed E-state index contributed by atoms with van der Waals surface area (Å²) in [5, 5.41) is 7.05. The van der Waals surface area contributed by atoms with E-state index in [1.54, 1.807) is 11.3 Å². The van der Waals surface area contributed by atoms with Gasteiger partial charge in [-0.3, -0.25) is 0 Å². The average molecular weight is 398 g/mol. The van der Waals surface area contributed by atoms with Gasteiger partial charge in [-0.15, -0.1) is 11.3 Å². The van der Waals surface area contributed by atoms with Crippen molar-refractivity contribution < 1.29 is 4.52 Å². The summed E-state index contributed by atoms with van der Waals surface area (Å²) in [6, 6.07) is 17.9. The van der Waals surface area contributed by atoms with Crippen LogP contribution in [0.3, 0.4) is 0 Å². The van der Waals surface area contributed by atoms with Gasteiger partial charge >= 0.3 is 0 Å². The molecule has 0 saturated heterocycles. The molecule has 118 valence electrons. The van der Waals surface area contributed by atoms with E-state index >= 15 is 0 Å². The second kappa shape index (κ2) is 6.67. The van der Waals surface area contributed by atoms with Crippen LogP contribution in [0.4, 0.5) is 0 Å². The first-order valence-electron chi connectivity index (χ1n) is 7.36. The molecule has 0 N–H and O–H groups in total. The third-order valence-electron chi connectivity index (χ3n) is 3.49. The average Bonchev–Trinajstić information content (AvgIpc) is 3.27. The van der Waals surface area contributed by atoms with E-state index in [4.69, 9.17) is 4.52 Å². The minimum atomic E-state index is 0.543. The largest absolute Gasteiger partial charge is 0.339 e. The molecule has 0 aliphatic carbocycles. The number of halogens is 1. The van der Waals surface area contributed by atoms with Gasteiger partial charge in [0.05, 0.1) is 12.1 Å². The SMILES string of the molecule is Brc1ccc(-c2csc(Cc3nc(-c4ccccc4)no3)n2)cc1. The number of rotatable bonds is 4. The Kier molecular flexibility index (Phi) is 4.23. The highest BCUT2D eigenvalue weighted by Crippen LogP contribution is 2.25. The molecule has 0 spiro atoms. The number of aromatic nitrogens is 3. The molecule has 4 aromatic rings. The Balaban J connectivity index is 1.52. The van der Waals surface area contributed by atoms with Crippen LogP contribution in [0.25, 0.3) is 22.6 Å². The zero-order valence-corrected chi connectivity index (χ0v) is 14.9. The van der Waals surface area contributed by atoms with Crippen LogP contribution in [-0.4, -0.2) is 15.1 Å². The highest BCUT2D eigenvalue weighted by molar-refractivity contribution is 9.10. The summed E-state index contributed by atoms with van der Waals surface area (Å²) in [4.78, 5) is 9.11. The van der Waals surface area contributed by atoms with Crippen LogP contribution in [0.5, 0.6) is 0 Å². The van der Waals surface area contributed by atoms with Crippen LogP contribution >= 0.6 is 27.3 Å². The molecule has 0 radical (unpaired) electrons. The molecule has 2 heterocycles. The lowest BCUT2D eigenvalue weighted by molar-refractivity contribution is 0.385. The van der Waals surface area contributed by atoms with Crippen molar-refractivity contribution in [1.29, 1.82) is 0 Å². The molecule has 0 saturated carbocycles. The van der Waals surface area contributed by atoms with Crippen LogP contribution in [0.1, 0.15) is 10.9 Å². The molecule has 0 aliphatic rings. The van der Waals surface area contributed by atoms with E-state index in [2.05, 4.69) is 31.1 Å². The number of thiazole rings is 1. The molecular formula is C18H12BrN3OS. The van der Waals surface area contributed by atoms with Gasteiger partial charge in [0.1, 0.15) is 5.01 Å². The van der Waals surface area contributed by atoms with Crippen molar-refractivity contribution in [3.63, 3.8) is 0 Å². The summed E-state index contributed by atoms with van der Waals surface area (Å²) in [6.45, 7) is 0. The normalized spacial score (nSPS) is 10.9. The Bertz CT molecular complexity index is 948. The van der Waals surface area contributed by atoms with E-state index in [1.807, 2.05) is 60.0 Å². The molecular weight excluding hydrogens is 386 g/mol. The van der Waals surface area contributed by atoms with Crippen LogP contribution in [0.15, 0.2) is 69.0 Å². The van der Waals surface area contributed by atoms with E-state index < -0.39 is 0 Å². The molecule has 4 rings (SSSR count). The van der Waals surface area contributed by atoms with Crippen LogP contribution in [0.2, 0.25) is 0 Å².